The molecule has 0 aliphatic heterocycles. The van der Waals surface area contributed by atoms with Gasteiger partial charge in [-0.05, 0) is 36.9 Å². The quantitative estimate of drug-likeness (QED) is 0.756. The summed E-state index contributed by atoms with van der Waals surface area (Å²) in [6.45, 7) is 3.82. The molecule has 6 heteroatoms. The molecule has 1 aromatic carbocycles. The first kappa shape index (κ1) is 16.2. The number of amides is 2. The van der Waals surface area contributed by atoms with E-state index in [-0.39, 0.29) is 6.54 Å². The zero-order chi connectivity index (χ0) is 16.1. The van der Waals surface area contributed by atoms with Crippen molar-refractivity contribution in [2.24, 2.45) is 0 Å². The average molecular weight is 318 g/mol. The standard InChI is InChI=1S/C16H18N2O3S/c1-10-5-6-12(11(2)8-10)18-16(21)15(20)17-9-13(19)14-4-3-7-22-14/h3-8,13,19H,9H2,1-2H3,(H,17,20)(H,18,21). The molecule has 1 atom stereocenters. The first-order valence-corrected chi connectivity index (χ1v) is 7.73. The molecule has 0 spiro atoms. The van der Waals surface area contributed by atoms with Gasteiger partial charge >= 0.3 is 11.8 Å². The van der Waals surface area contributed by atoms with Crippen molar-refractivity contribution in [2.75, 3.05) is 11.9 Å². The van der Waals surface area contributed by atoms with Gasteiger partial charge in [0.2, 0.25) is 0 Å². The van der Waals surface area contributed by atoms with Gasteiger partial charge in [-0.15, -0.1) is 11.3 Å². The molecule has 0 saturated carbocycles. The van der Waals surface area contributed by atoms with E-state index in [1.165, 1.54) is 11.3 Å². The largest absolute Gasteiger partial charge is 0.386 e. The molecule has 1 heterocycles. The van der Waals surface area contributed by atoms with Crippen LogP contribution in [0.3, 0.4) is 0 Å². The number of carbonyl (C=O) groups is 2. The van der Waals surface area contributed by atoms with Crippen molar-refractivity contribution in [3.8, 4) is 0 Å². The number of thiophene rings is 1. The molecular formula is C16H18N2O3S. The number of aryl methyl sites for hydroxylation is 2. The van der Waals surface area contributed by atoms with Crippen molar-refractivity contribution in [1.29, 1.82) is 0 Å². The zero-order valence-corrected chi connectivity index (χ0v) is 13.2. The van der Waals surface area contributed by atoms with Crippen LogP contribution in [-0.2, 0) is 9.59 Å². The van der Waals surface area contributed by atoms with E-state index in [0.717, 1.165) is 16.0 Å². The highest BCUT2D eigenvalue weighted by molar-refractivity contribution is 7.10. The Kier molecular flexibility index (Phi) is 5.30. The molecule has 0 fully saturated rings. The fourth-order valence-electron chi connectivity index (χ4n) is 1.98. The summed E-state index contributed by atoms with van der Waals surface area (Å²) in [5, 5.41) is 16.7. The molecule has 116 valence electrons. The molecule has 22 heavy (non-hydrogen) atoms. The molecule has 0 aliphatic carbocycles. The minimum Gasteiger partial charge on any atom is -0.386 e. The van der Waals surface area contributed by atoms with Crippen LogP contribution in [0.5, 0.6) is 0 Å². The fourth-order valence-corrected chi connectivity index (χ4v) is 2.70. The molecule has 0 radical (unpaired) electrons. The number of aliphatic hydroxyl groups is 1. The third kappa shape index (κ3) is 4.16. The van der Waals surface area contributed by atoms with Gasteiger partial charge in [-0.1, -0.05) is 23.8 Å². The second-order valence-electron chi connectivity index (χ2n) is 5.01. The van der Waals surface area contributed by atoms with Gasteiger partial charge in [-0.2, -0.15) is 0 Å². The van der Waals surface area contributed by atoms with Crippen molar-refractivity contribution in [2.45, 2.75) is 20.0 Å². The number of benzene rings is 1. The summed E-state index contributed by atoms with van der Waals surface area (Å²) in [4.78, 5) is 24.4. The normalized spacial score (nSPS) is 11.8. The molecule has 2 aromatic rings. The van der Waals surface area contributed by atoms with Crippen molar-refractivity contribution >= 4 is 28.8 Å². The van der Waals surface area contributed by atoms with Gasteiger partial charge in [0, 0.05) is 17.1 Å². The lowest BCUT2D eigenvalue weighted by Crippen LogP contribution is -2.37. The highest BCUT2D eigenvalue weighted by Gasteiger charge is 2.17. The predicted octanol–water partition coefficient (Wildman–Crippen LogP) is 2.15. The van der Waals surface area contributed by atoms with E-state index < -0.39 is 17.9 Å². The minimum atomic E-state index is -0.808. The maximum Gasteiger partial charge on any atom is 0.313 e. The van der Waals surface area contributed by atoms with Crippen LogP contribution in [-0.4, -0.2) is 23.5 Å². The molecule has 1 unspecified atom stereocenters. The number of hydrogen-bond acceptors (Lipinski definition) is 4. The molecule has 2 amide bonds. The Morgan fingerprint density at radius 2 is 2.00 bits per heavy atom. The summed E-state index contributed by atoms with van der Waals surface area (Å²) in [7, 11) is 0. The molecule has 5 nitrogen and oxygen atoms in total. The van der Waals surface area contributed by atoms with Crippen LogP contribution in [0.2, 0.25) is 0 Å². The van der Waals surface area contributed by atoms with Gasteiger partial charge in [-0.25, -0.2) is 0 Å². The SMILES string of the molecule is Cc1ccc(NC(=O)C(=O)NCC(O)c2cccs2)c(C)c1. The second kappa shape index (κ2) is 7.20. The molecule has 3 N–H and O–H groups in total. The van der Waals surface area contributed by atoms with E-state index >= 15 is 0 Å². The number of carbonyl (C=O) groups excluding carboxylic acids is 2. The van der Waals surface area contributed by atoms with E-state index in [1.54, 1.807) is 12.1 Å². The Labute approximate surface area is 133 Å². The molecule has 0 aliphatic rings. The summed E-state index contributed by atoms with van der Waals surface area (Å²) in [5.74, 6) is -1.51. The Bertz CT molecular complexity index is 668. The summed E-state index contributed by atoms with van der Waals surface area (Å²) < 4.78 is 0. The Balaban J connectivity index is 1.88. The third-order valence-corrected chi connectivity index (χ3v) is 4.14. The molecule has 0 saturated heterocycles. The average Bonchev–Trinajstić information content (AvgIpc) is 3.01. The van der Waals surface area contributed by atoms with Crippen LogP contribution in [0.1, 0.15) is 22.1 Å². The van der Waals surface area contributed by atoms with E-state index in [9.17, 15) is 14.7 Å². The van der Waals surface area contributed by atoms with Crippen LogP contribution in [0.4, 0.5) is 5.69 Å². The Morgan fingerprint density at radius 3 is 2.64 bits per heavy atom. The van der Waals surface area contributed by atoms with E-state index in [0.29, 0.717) is 5.69 Å². The monoisotopic (exact) mass is 318 g/mol. The molecule has 1 aromatic heterocycles. The summed E-state index contributed by atoms with van der Waals surface area (Å²) in [6, 6.07) is 9.14. The van der Waals surface area contributed by atoms with Crippen LogP contribution in [0.15, 0.2) is 35.7 Å². The van der Waals surface area contributed by atoms with Crippen LogP contribution in [0.25, 0.3) is 0 Å². The van der Waals surface area contributed by atoms with Gasteiger partial charge in [0.25, 0.3) is 0 Å². The van der Waals surface area contributed by atoms with Crippen molar-refractivity contribution < 1.29 is 14.7 Å². The lowest BCUT2D eigenvalue weighted by molar-refractivity contribution is -0.136. The lowest BCUT2D eigenvalue weighted by atomic mass is 10.1. The van der Waals surface area contributed by atoms with Crippen LogP contribution < -0.4 is 10.6 Å². The third-order valence-electron chi connectivity index (χ3n) is 3.16. The number of anilines is 1. The second-order valence-corrected chi connectivity index (χ2v) is 5.99. The molecule has 0 bridgehead atoms. The topological polar surface area (TPSA) is 78.4 Å². The van der Waals surface area contributed by atoms with E-state index in [2.05, 4.69) is 10.6 Å². The molecule has 2 rings (SSSR count). The van der Waals surface area contributed by atoms with Crippen molar-refractivity contribution in [3.63, 3.8) is 0 Å². The lowest BCUT2D eigenvalue weighted by Gasteiger charge is -2.11. The van der Waals surface area contributed by atoms with E-state index in [1.807, 2.05) is 37.4 Å². The number of rotatable bonds is 4. The number of aliphatic hydroxyl groups excluding tert-OH is 1. The summed E-state index contributed by atoms with van der Waals surface area (Å²) in [5.41, 5.74) is 2.57. The van der Waals surface area contributed by atoms with Crippen LogP contribution >= 0.6 is 11.3 Å². The summed E-state index contributed by atoms with van der Waals surface area (Å²) in [6.07, 6.45) is -0.808. The van der Waals surface area contributed by atoms with Gasteiger partial charge in [-0.3, -0.25) is 9.59 Å². The molecular weight excluding hydrogens is 300 g/mol. The van der Waals surface area contributed by atoms with Gasteiger partial charge in [0.15, 0.2) is 0 Å². The predicted molar refractivity (Wildman–Crippen MR) is 86.8 cm³/mol. The minimum absolute atomic E-state index is 0.000351. The fraction of sp³-hybridized carbons (Fsp3) is 0.250. The maximum absolute atomic E-state index is 11.8. The van der Waals surface area contributed by atoms with E-state index in [4.69, 9.17) is 0 Å². The first-order valence-electron chi connectivity index (χ1n) is 6.85. The highest BCUT2D eigenvalue weighted by Crippen LogP contribution is 2.18. The smallest absolute Gasteiger partial charge is 0.313 e. The van der Waals surface area contributed by atoms with Gasteiger partial charge < -0.3 is 15.7 Å². The Morgan fingerprint density at radius 1 is 1.23 bits per heavy atom. The number of nitrogens with one attached hydrogen (secondary N) is 2. The van der Waals surface area contributed by atoms with Crippen molar-refractivity contribution in [1.82, 2.24) is 5.32 Å². The summed E-state index contributed by atoms with van der Waals surface area (Å²) >= 11 is 1.40. The van der Waals surface area contributed by atoms with Crippen LogP contribution in [0, 0.1) is 13.8 Å². The first-order chi connectivity index (χ1) is 10.5. The van der Waals surface area contributed by atoms with Gasteiger partial charge in [0.1, 0.15) is 6.10 Å². The highest BCUT2D eigenvalue weighted by atomic mass is 32.1. The zero-order valence-electron chi connectivity index (χ0n) is 12.4. The van der Waals surface area contributed by atoms with Gasteiger partial charge in [0.05, 0.1) is 0 Å². The Hall–Kier alpha value is -2.18. The number of hydrogen-bond donors (Lipinski definition) is 3. The maximum atomic E-state index is 11.8. The van der Waals surface area contributed by atoms with Crippen molar-refractivity contribution in [3.05, 3.63) is 51.7 Å².